The van der Waals surface area contributed by atoms with Crippen LogP contribution in [0.2, 0.25) is 0 Å². The van der Waals surface area contributed by atoms with Crippen LogP contribution in [0.3, 0.4) is 0 Å². The minimum atomic E-state index is -4.28. The number of benzene rings is 2. The maximum Gasteiger partial charge on any atom is 0.427 e. The van der Waals surface area contributed by atoms with Gasteiger partial charge in [0.15, 0.2) is 0 Å². The highest BCUT2D eigenvalue weighted by Crippen LogP contribution is 2.16. The largest absolute Gasteiger partial charge is 0.427 e. The second-order valence-corrected chi connectivity index (χ2v) is 6.35. The summed E-state index contributed by atoms with van der Waals surface area (Å²) in [7, 11) is -4.28. The van der Waals surface area contributed by atoms with Crippen molar-refractivity contribution in [3.63, 3.8) is 0 Å². The van der Waals surface area contributed by atoms with Crippen molar-refractivity contribution in [1.29, 1.82) is 0 Å². The molecule has 0 radical (unpaired) electrons. The third-order valence-corrected chi connectivity index (χ3v) is 4.12. The first-order valence-corrected chi connectivity index (χ1v) is 8.33. The Labute approximate surface area is 140 Å². The molecule has 0 bridgehead atoms. The van der Waals surface area contributed by atoms with Gasteiger partial charge in [-0.3, -0.25) is 5.32 Å². The van der Waals surface area contributed by atoms with Gasteiger partial charge in [-0.2, -0.15) is 8.42 Å². The fourth-order valence-corrected chi connectivity index (χ4v) is 2.65. The van der Waals surface area contributed by atoms with E-state index in [4.69, 9.17) is 5.11 Å². The first-order valence-electron chi connectivity index (χ1n) is 6.92. The zero-order valence-electron chi connectivity index (χ0n) is 12.8. The maximum absolute atomic E-state index is 12.1. The molecule has 124 valence electrons. The van der Waals surface area contributed by atoms with Crippen LogP contribution in [0.5, 0.6) is 0 Å². The topological polar surface area (TPSA) is 92.7 Å². The first kappa shape index (κ1) is 17.5. The highest BCUT2D eigenvalue weighted by molar-refractivity contribution is 7.87. The predicted octanol–water partition coefficient (Wildman–Crippen LogP) is 2.28. The van der Waals surface area contributed by atoms with Crippen LogP contribution in [0.15, 0.2) is 53.4 Å². The van der Waals surface area contributed by atoms with E-state index in [1.54, 1.807) is 30.3 Å². The fourth-order valence-electron chi connectivity index (χ4n) is 1.79. The molecule has 2 aromatic carbocycles. The minimum Gasteiger partial charge on any atom is -0.384 e. The summed E-state index contributed by atoms with van der Waals surface area (Å²) in [6.07, 6.45) is -1.11. The molecule has 0 atom stereocenters. The summed E-state index contributed by atoms with van der Waals surface area (Å²) in [5.74, 6) is 5.00. The molecule has 7 heteroatoms. The highest BCUT2D eigenvalue weighted by atomic mass is 32.2. The van der Waals surface area contributed by atoms with Crippen LogP contribution in [0.1, 0.15) is 11.1 Å². The summed E-state index contributed by atoms with van der Waals surface area (Å²) in [4.78, 5) is 11.6. The van der Waals surface area contributed by atoms with Crippen LogP contribution < -0.4 is 5.32 Å². The Bertz CT molecular complexity index is 893. The number of hydrogen-bond acceptors (Lipinski definition) is 5. The number of nitrogens with one attached hydrogen (secondary N) is 1. The van der Waals surface area contributed by atoms with E-state index in [1.807, 2.05) is 6.92 Å². The molecule has 0 aromatic heterocycles. The summed E-state index contributed by atoms with van der Waals surface area (Å²) in [6, 6.07) is 12.4. The first-order chi connectivity index (χ1) is 11.4. The van der Waals surface area contributed by atoms with Crippen LogP contribution in [0.4, 0.5) is 10.5 Å². The summed E-state index contributed by atoms with van der Waals surface area (Å²) in [6.45, 7) is 1.55. The number of aliphatic hydroxyl groups excluding tert-OH is 1. The molecule has 0 aliphatic carbocycles. The SMILES string of the molecule is Cc1ccc(NC(=O)OS(=O)(=O)c2cccc(C#CCO)c2)cc1. The van der Waals surface area contributed by atoms with Crippen LogP contribution in [-0.2, 0) is 14.3 Å². The number of carbonyl (C=O) groups excluding carboxylic acids is 1. The van der Waals surface area contributed by atoms with Crippen molar-refractivity contribution in [3.8, 4) is 11.8 Å². The van der Waals surface area contributed by atoms with E-state index in [0.29, 0.717) is 11.3 Å². The lowest BCUT2D eigenvalue weighted by molar-refractivity contribution is 0.217. The molecule has 6 nitrogen and oxygen atoms in total. The number of amides is 1. The van der Waals surface area contributed by atoms with Gasteiger partial charge in [0, 0.05) is 11.3 Å². The predicted molar refractivity (Wildman–Crippen MR) is 88.9 cm³/mol. The standard InChI is InChI=1S/C17H15NO5S/c1-13-7-9-15(10-8-13)18-17(20)23-24(21,22)16-6-2-4-14(12-16)5-3-11-19/h2,4,6-10,12,19H,11H2,1H3,(H,18,20). The summed E-state index contributed by atoms with van der Waals surface area (Å²) in [5, 5.41) is 11.0. The molecule has 2 aromatic rings. The van der Waals surface area contributed by atoms with E-state index in [0.717, 1.165) is 5.56 Å². The van der Waals surface area contributed by atoms with Gasteiger partial charge in [0.05, 0.1) is 0 Å². The number of anilines is 1. The van der Waals surface area contributed by atoms with Crippen molar-refractivity contribution in [2.24, 2.45) is 0 Å². The van der Waals surface area contributed by atoms with E-state index < -0.39 is 16.2 Å². The van der Waals surface area contributed by atoms with Crippen molar-refractivity contribution in [3.05, 3.63) is 59.7 Å². The van der Waals surface area contributed by atoms with Gasteiger partial charge in [-0.25, -0.2) is 4.79 Å². The van der Waals surface area contributed by atoms with Crippen molar-refractivity contribution >= 4 is 21.9 Å². The molecular formula is C17H15NO5S. The Balaban J connectivity index is 2.12. The lowest BCUT2D eigenvalue weighted by Crippen LogP contribution is -2.19. The third kappa shape index (κ3) is 4.84. The molecule has 0 unspecified atom stereocenters. The number of aliphatic hydroxyl groups is 1. The number of aryl methyl sites for hydroxylation is 1. The van der Waals surface area contributed by atoms with Gasteiger partial charge in [0.25, 0.3) is 0 Å². The molecule has 0 saturated heterocycles. The van der Waals surface area contributed by atoms with Gasteiger partial charge >= 0.3 is 16.2 Å². The Kier molecular flexibility index (Phi) is 5.58. The Hall–Kier alpha value is -2.82. The molecule has 24 heavy (non-hydrogen) atoms. The van der Waals surface area contributed by atoms with E-state index in [-0.39, 0.29) is 11.5 Å². The molecule has 0 aliphatic rings. The fraction of sp³-hybridized carbons (Fsp3) is 0.118. The van der Waals surface area contributed by atoms with E-state index >= 15 is 0 Å². The number of carbonyl (C=O) groups is 1. The van der Waals surface area contributed by atoms with Gasteiger partial charge in [0.1, 0.15) is 11.5 Å². The molecule has 1 amide bonds. The number of hydrogen-bond donors (Lipinski definition) is 2. The molecular weight excluding hydrogens is 330 g/mol. The zero-order valence-corrected chi connectivity index (χ0v) is 13.6. The monoisotopic (exact) mass is 345 g/mol. The molecule has 2 rings (SSSR count). The second-order valence-electron chi connectivity index (χ2n) is 4.80. The smallest absolute Gasteiger partial charge is 0.384 e. The Morgan fingerprint density at radius 3 is 2.58 bits per heavy atom. The molecule has 0 fully saturated rings. The van der Waals surface area contributed by atoms with Gasteiger partial charge in [-0.15, -0.1) is 0 Å². The van der Waals surface area contributed by atoms with Crippen molar-refractivity contribution < 1.29 is 22.5 Å². The average molecular weight is 345 g/mol. The molecule has 0 aliphatic heterocycles. The lowest BCUT2D eigenvalue weighted by Gasteiger charge is -2.08. The van der Waals surface area contributed by atoms with Gasteiger partial charge in [0.2, 0.25) is 0 Å². The van der Waals surface area contributed by atoms with Crippen LogP contribution in [0.25, 0.3) is 0 Å². The lowest BCUT2D eigenvalue weighted by atomic mass is 10.2. The molecule has 2 N–H and O–H groups in total. The summed E-state index contributed by atoms with van der Waals surface area (Å²) < 4.78 is 28.8. The number of rotatable bonds is 3. The van der Waals surface area contributed by atoms with Crippen LogP contribution in [-0.4, -0.2) is 26.2 Å². The maximum atomic E-state index is 12.1. The summed E-state index contributed by atoms with van der Waals surface area (Å²) >= 11 is 0. The quantitative estimate of drug-likeness (QED) is 0.658. The van der Waals surface area contributed by atoms with E-state index in [1.165, 1.54) is 18.2 Å². The summed E-state index contributed by atoms with van der Waals surface area (Å²) in [5.41, 5.74) is 1.80. The van der Waals surface area contributed by atoms with Gasteiger partial charge in [-0.1, -0.05) is 35.6 Å². The normalized spacial score (nSPS) is 10.4. The van der Waals surface area contributed by atoms with Crippen LogP contribution >= 0.6 is 0 Å². The molecule has 0 heterocycles. The van der Waals surface area contributed by atoms with Crippen molar-refractivity contribution in [2.75, 3.05) is 11.9 Å². The van der Waals surface area contributed by atoms with Gasteiger partial charge < -0.3 is 9.29 Å². The minimum absolute atomic E-state index is 0.203. The van der Waals surface area contributed by atoms with Crippen molar-refractivity contribution in [1.82, 2.24) is 0 Å². The zero-order chi connectivity index (χ0) is 17.6. The van der Waals surface area contributed by atoms with Crippen molar-refractivity contribution in [2.45, 2.75) is 11.8 Å². The van der Waals surface area contributed by atoms with Gasteiger partial charge in [-0.05, 0) is 37.3 Å². The third-order valence-electron chi connectivity index (χ3n) is 2.92. The van der Waals surface area contributed by atoms with E-state index in [2.05, 4.69) is 21.3 Å². The van der Waals surface area contributed by atoms with E-state index in [9.17, 15) is 13.2 Å². The average Bonchev–Trinajstić information content (AvgIpc) is 2.55. The second kappa shape index (κ2) is 7.64. The van der Waals surface area contributed by atoms with Crippen LogP contribution in [0, 0.1) is 18.8 Å². The highest BCUT2D eigenvalue weighted by Gasteiger charge is 2.20. The molecule has 0 saturated carbocycles. The Morgan fingerprint density at radius 1 is 1.21 bits per heavy atom. The Morgan fingerprint density at radius 2 is 1.92 bits per heavy atom. The molecule has 0 spiro atoms.